The van der Waals surface area contributed by atoms with Gasteiger partial charge in [0.2, 0.25) is 0 Å². The van der Waals surface area contributed by atoms with Crippen LogP contribution in [0.15, 0.2) is 18.2 Å². The number of carbonyl (C=O) groups excluding carboxylic acids is 2. The maximum atomic E-state index is 13.8. The number of hydrogen-bond donors (Lipinski definition) is 1. The van der Waals surface area contributed by atoms with Crippen LogP contribution in [0.4, 0.5) is 4.39 Å². The summed E-state index contributed by atoms with van der Waals surface area (Å²) in [5, 5.41) is 3.29. The van der Waals surface area contributed by atoms with E-state index in [2.05, 4.69) is 5.32 Å². The highest BCUT2D eigenvalue weighted by Gasteiger charge is 2.34. The molecule has 1 N–H and O–H groups in total. The van der Waals surface area contributed by atoms with Crippen molar-refractivity contribution in [3.63, 3.8) is 0 Å². The fourth-order valence-corrected chi connectivity index (χ4v) is 2.38. The smallest absolute Gasteiger partial charge is 0.330 e. The van der Waals surface area contributed by atoms with Gasteiger partial charge in [-0.05, 0) is 25.1 Å². The van der Waals surface area contributed by atoms with Crippen molar-refractivity contribution >= 4 is 23.5 Å². The Morgan fingerprint density at radius 1 is 1.52 bits per heavy atom. The molecule has 0 saturated carbocycles. The van der Waals surface area contributed by atoms with Gasteiger partial charge < -0.3 is 15.0 Å². The maximum Gasteiger partial charge on any atom is 0.330 e. The zero-order valence-electron chi connectivity index (χ0n) is 11.6. The van der Waals surface area contributed by atoms with E-state index in [0.29, 0.717) is 13.1 Å². The molecule has 1 unspecified atom stereocenters. The zero-order chi connectivity index (χ0) is 15.4. The monoisotopic (exact) mass is 314 g/mol. The molecule has 1 aliphatic rings. The van der Waals surface area contributed by atoms with Crippen LogP contribution < -0.4 is 5.32 Å². The van der Waals surface area contributed by atoms with E-state index in [4.69, 9.17) is 16.3 Å². The summed E-state index contributed by atoms with van der Waals surface area (Å²) in [4.78, 5) is 25.7. The highest BCUT2D eigenvalue weighted by molar-refractivity contribution is 6.31. The molecule has 0 aliphatic carbocycles. The average Bonchev–Trinajstić information content (AvgIpc) is 2.49. The molecule has 0 radical (unpaired) electrons. The lowest BCUT2D eigenvalue weighted by Gasteiger charge is -2.34. The number of nitrogens with one attached hydrogen (secondary N) is 1. The van der Waals surface area contributed by atoms with Crippen LogP contribution >= 0.6 is 11.6 Å². The third-order valence-electron chi connectivity index (χ3n) is 3.22. The van der Waals surface area contributed by atoms with Gasteiger partial charge in [0.05, 0.1) is 12.2 Å². The number of carbonyl (C=O) groups is 2. The van der Waals surface area contributed by atoms with Crippen molar-refractivity contribution in [2.75, 3.05) is 26.2 Å². The predicted molar refractivity (Wildman–Crippen MR) is 75.7 cm³/mol. The summed E-state index contributed by atoms with van der Waals surface area (Å²) in [7, 11) is 0. The zero-order valence-corrected chi connectivity index (χ0v) is 12.3. The van der Waals surface area contributed by atoms with Gasteiger partial charge in [-0.15, -0.1) is 0 Å². The molecule has 1 heterocycles. The van der Waals surface area contributed by atoms with E-state index in [-0.39, 0.29) is 23.7 Å². The number of amides is 1. The lowest BCUT2D eigenvalue weighted by Crippen LogP contribution is -2.57. The molecule has 1 saturated heterocycles. The molecule has 0 aromatic heterocycles. The van der Waals surface area contributed by atoms with Gasteiger partial charge in [0.15, 0.2) is 0 Å². The molecule has 21 heavy (non-hydrogen) atoms. The van der Waals surface area contributed by atoms with Crippen LogP contribution in [0.2, 0.25) is 5.02 Å². The van der Waals surface area contributed by atoms with E-state index in [9.17, 15) is 14.0 Å². The molecule has 1 aliphatic heterocycles. The van der Waals surface area contributed by atoms with Gasteiger partial charge in [0, 0.05) is 24.7 Å². The molecule has 114 valence electrons. The Bertz CT molecular complexity index is 553. The molecular weight excluding hydrogens is 299 g/mol. The maximum absolute atomic E-state index is 13.8. The lowest BCUT2D eigenvalue weighted by molar-refractivity contribution is -0.149. The Morgan fingerprint density at radius 3 is 3.00 bits per heavy atom. The van der Waals surface area contributed by atoms with Crippen molar-refractivity contribution in [1.29, 1.82) is 0 Å². The molecule has 1 fully saturated rings. The molecule has 0 bridgehead atoms. The van der Waals surface area contributed by atoms with Crippen molar-refractivity contribution in [2.45, 2.75) is 13.0 Å². The first-order valence-corrected chi connectivity index (χ1v) is 7.05. The molecule has 7 heteroatoms. The minimum atomic E-state index is -0.760. The summed E-state index contributed by atoms with van der Waals surface area (Å²) in [5.41, 5.74) is -0.140. The number of halogens is 2. The summed E-state index contributed by atoms with van der Waals surface area (Å²) < 4.78 is 18.8. The van der Waals surface area contributed by atoms with Gasteiger partial charge in [-0.2, -0.15) is 0 Å². The molecule has 1 atom stereocenters. The van der Waals surface area contributed by atoms with Gasteiger partial charge in [0.25, 0.3) is 5.91 Å². The van der Waals surface area contributed by atoms with E-state index < -0.39 is 23.7 Å². The van der Waals surface area contributed by atoms with Crippen LogP contribution in [-0.2, 0) is 9.53 Å². The Hall–Kier alpha value is -1.66. The summed E-state index contributed by atoms with van der Waals surface area (Å²) in [6.07, 6.45) is 0. The number of benzene rings is 1. The quantitative estimate of drug-likeness (QED) is 0.858. The molecule has 2 rings (SSSR count). The topological polar surface area (TPSA) is 58.6 Å². The predicted octanol–water partition coefficient (Wildman–Crippen LogP) is 1.46. The first-order chi connectivity index (χ1) is 10.0. The Labute approximate surface area is 127 Å². The van der Waals surface area contributed by atoms with Crippen LogP contribution in [0, 0.1) is 5.82 Å². The molecule has 1 amide bonds. The van der Waals surface area contributed by atoms with Gasteiger partial charge >= 0.3 is 5.97 Å². The van der Waals surface area contributed by atoms with Crippen molar-refractivity contribution in [3.05, 3.63) is 34.6 Å². The number of nitrogens with zero attached hydrogens (tertiary/aromatic N) is 1. The fraction of sp³-hybridized carbons (Fsp3) is 0.429. The van der Waals surface area contributed by atoms with Crippen LogP contribution in [0.3, 0.4) is 0 Å². The van der Waals surface area contributed by atoms with Crippen LogP contribution in [0.5, 0.6) is 0 Å². The molecule has 5 nitrogen and oxygen atoms in total. The van der Waals surface area contributed by atoms with Crippen molar-refractivity contribution < 1.29 is 18.7 Å². The highest BCUT2D eigenvalue weighted by Crippen LogP contribution is 2.19. The van der Waals surface area contributed by atoms with Crippen LogP contribution in [0.1, 0.15) is 17.3 Å². The van der Waals surface area contributed by atoms with E-state index in [1.807, 2.05) is 0 Å². The van der Waals surface area contributed by atoms with Gasteiger partial charge in [-0.1, -0.05) is 11.6 Å². The van der Waals surface area contributed by atoms with E-state index >= 15 is 0 Å². The first kappa shape index (κ1) is 15.7. The van der Waals surface area contributed by atoms with E-state index in [0.717, 1.165) is 6.07 Å². The SMILES string of the molecule is CCOC(=O)C1CNCCN1C(=O)c1cc(Cl)ccc1F. The van der Waals surface area contributed by atoms with E-state index in [1.54, 1.807) is 6.92 Å². The van der Waals surface area contributed by atoms with Crippen molar-refractivity contribution in [2.24, 2.45) is 0 Å². The Kier molecular flexibility index (Phi) is 5.14. The molecule has 1 aromatic carbocycles. The normalized spacial score (nSPS) is 18.4. The number of hydrogen-bond acceptors (Lipinski definition) is 4. The number of esters is 1. The second-order valence-electron chi connectivity index (χ2n) is 4.59. The number of ether oxygens (including phenoxy) is 1. The Balaban J connectivity index is 2.26. The van der Waals surface area contributed by atoms with Crippen molar-refractivity contribution in [3.8, 4) is 0 Å². The standard InChI is InChI=1S/C14H16ClFN2O3/c1-2-21-14(20)12-8-17-5-6-18(12)13(19)10-7-9(15)3-4-11(10)16/h3-4,7,12,17H,2,5-6,8H2,1H3. The second-order valence-corrected chi connectivity index (χ2v) is 5.03. The van der Waals surface area contributed by atoms with Crippen LogP contribution in [0.25, 0.3) is 0 Å². The lowest BCUT2D eigenvalue weighted by atomic mass is 10.1. The average molecular weight is 315 g/mol. The Morgan fingerprint density at radius 2 is 2.29 bits per heavy atom. The van der Waals surface area contributed by atoms with Gasteiger partial charge in [0.1, 0.15) is 11.9 Å². The van der Waals surface area contributed by atoms with Crippen LogP contribution in [-0.4, -0.2) is 49.1 Å². The highest BCUT2D eigenvalue weighted by atomic mass is 35.5. The van der Waals surface area contributed by atoms with Gasteiger partial charge in [-0.25, -0.2) is 9.18 Å². The number of piperazine rings is 1. The molecule has 0 spiro atoms. The van der Waals surface area contributed by atoms with E-state index in [1.165, 1.54) is 17.0 Å². The molecular formula is C14H16ClFN2O3. The summed E-state index contributed by atoms with van der Waals surface area (Å²) in [5.74, 6) is -1.72. The fourth-order valence-electron chi connectivity index (χ4n) is 2.21. The minimum absolute atomic E-state index is 0.140. The summed E-state index contributed by atoms with van der Waals surface area (Å²) in [6, 6.07) is 3.01. The summed E-state index contributed by atoms with van der Waals surface area (Å²) in [6.45, 7) is 3.03. The third-order valence-corrected chi connectivity index (χ3v) is 3.46. The second kappa shape index (κ2) is 6.87. The largest absolute Gasteiger partial charge is 0.464 e. The minimum Gasteiger partial charge on any atom is -0.464 e. The first-order valence-electron chi connectivity index (χ1n) is 6.68. The van der Waals surface area contributed by atoms with Crippen molar-refractivity contribution in [1.82, 2.24) is 10.2 Å². The molecule has 1 aromatic rings. The van der Waals surface area contributed by atoms with Gasteiger partial charge in [-0.3, -0.25) is 4.79 Å². The third kappa shape index (κ3) is 3.51. The summed E-state index contributed by atoms with van der Waals surface area (Å²) >= 11 is 5.81. The number of rotatable bonds is 3.